The second kappa shape index (κ2) is 8.98. The van der Waals surface area contributed by atoms with E-state index < -0.39 is 0 Å². The summed E-state index contributed by atoms with van der Waals surface area (Å²) in [5.74, 6) is 1.12. The molecular weight excluding hydrogens is 408 g/mol. The number of hydrogen-bond donors (Lipinski definition) is 0. The number of carbonyl (C=O) groups is 1. The molecule has 0 N–H and O–H groups in total. The lowest BCUT2D eigenvalue weighted by Crippen LogP contribution is -2.27. The van der Waals surface area contributed by atoms with E-state index >= 15 is 0 Å². The molecule has 0 bridgehead atoms. The monoisotopic (exact) mass is 434 g/mol. The van der Waals surface area contributed by atoms with Crippen molar-refractivity contribution in [1.29, 1.82) is 0 Å². The first kappa shape index (κ1) is 21.2. The molecule has 6 nitrogen and oxygen atoms in total. The van der Waals surface area contributed by atoms with Gasteiger partial charge in [-0.15, -0.1) is 10.2 Å². The van der Waals surface area contributed by atoms with Gasteiger partial charge in [0.05, 0.1) is 18.4 Å². The molecule has 160 valence electrons. The van der Waals surface area contributed by atoms with E-state index in [-0.39, 0.29) is 5.91 Å². The highest BCUT2D eigenvalue weighted by Crippen LogP contribution is 2.28. The van der Waals surface area contributed by atoms with E-state index in [9.17, 15) is 4.79 Å². The number of hydrogen-bond acceptors (Lipinski definition) is 5. The standard InChI is InChI=1S/C24H26N4O2S/c1-5-17-6-8-18(9-7-17)14-27(3)23(29)15-31-24-26-25-22-12-16(2)20-11-10-19(30-4)13-21(20)28(22)24/h6-13H,5,14-15H2,1-4H3. The summed E-state index contributed by atoms with van der Waals surface area (Å²) in [7, 11) is 3.49. The van der Waals surface area contributed by atoms with Crippen LogP contribution in [0.15, 0.2) is 53.7 Å². The molecule has 7 heteroatoms. The molecule has 4 aromatic rings. The molecule has 0 spiro atoms. The number of aryl methyl sites for hydroxylation is 2. The van der Waals surface area contributed by atoms with Gasteiger partial charge in [-0.2, -0.15) is 0 Å². The topological polar surface area (TPSA) is 59.7 Å². The third-order valence-electron chi connectivity index (χ3n) is 5.48. The minimum absolute atomic E-state index is 0.0512. The van der Waals surface area contributed by atoms with E-state index in [0.29, 0.717) is 17.5 Å². The summed E-state index contributed by atoms with van der Waals surface area (Å²) < 4.78 is 7.40. The number of methoxy groups -OCH3 is 1. The number of rotatable bonds is 7. The highest BCUT2D eigenvalue weighted by atomic mass is 32.2. The molecule has 0 aliphatic rings. The van der Waals surface area contributed by atoms with Crippen molar-refractivity contribution in [3.05, 3.63) is 65.2 Å². The highest BCUT2D eigenvalue weighted by Gasteiger charge is 2.16. The van der Waals surface area contributed by atoms with Crippen molar-refractivity contribution in [1.82, 2.24) is 19.5 Å². The summed E-state index contributed by atoms with van der Waals surface area (Å²) in [4.78, 5) is 14.5. The fourth-order valence-electron chi connectivity index (χ4n) is 3.60. The van der Waals surface area contributed by atoms with E-state index in [4.69, 9.17) is 4.74 Å². The smallest absolute Gasteiger partial charge is 0.233 e. The number of pyridine rings is 1. The van der Waals surface area contributed by atoms with E-state index in [1.807, 2.05) is 35.7 Å². The Hall–Kier alpha value is -3.06. The van der Waals surface area contributed by atoms with Gasteiger partial charge in [0, 0.05) is 25.0 Å². The van der Waals surface area contributed by atoms with Gasteiger partial charge in [-0.3, -0.25) is 9.20 Å². The van der Waals surface area contributed by atoms with Crippen LogP contribution in [0.25, 0.3) is 16.6 Å². The van der Waals surface area contributed by atoms with Gasteiger partial charge in [-0.05, 0) is 48.2 Å². The van der Waals surface area contributed by atoms with Gasteiger partial charge < -0.3 is 9.64 Å². The summed E-state index contributed by atoms with van der Waals surface area (Å²) >= 11 is 1.40. The van der Waals surface area contributed by atoms with E-state index in [1.165, 1.54) is 17.3 Å². The minimum Gasteiger partial charge on any atom is -0.497 e. The van der Waals surface area contributed by atoms with E-state index in [1.54, 1.807) is 12.0 Å². The lowest BCUT2D eigenvalue weighted by Gasteiger charge is -2.17. The number of carbonyl (C=O) groups excluding carboxylic acids is 1. The lowest BCUT2D eigenvalue weighted by atomic mass is 10.1. The summed E-state index contributed by atoms with van der Waals surface area (Å²) in [6.45, 7) is 4.78. The Morgan fingerprint density at radius 1 is 1.10 bits per heavy atom. The molecule has 1 amide bonds. The number of ether oxygens (including phenoxy) is 1. The van der Waals surface area contributed by atoms with Gasteiger partial charge in [-0.25, -0.2) is 0 Å². The van der Waals surface area contributed by atoms with Crippen molar-refractivity contribution in [2.45, 2.75) is 32.0 Å². The second-order valence-corrected chi connectivity index (χ2v) is 8.54. The van der Waals surface area contributed by atoms with Crippen LogP contribution in [0.2, 0.25) is 0 Å². The summed E-state index contributed by atoms with van der Waals surface area (Å²) in [5, 5.41) is 10.5. The maximum absolute atomic E-state index is 12.7. The van der Waals surface area contributed by atoms with Gasteiger partial charge in [0.15, 0.2) is 10.8 Å². The molecule has 31 heavy (non-hydrogen) atoms. The van der Waals surface area contributed by atoms with Gasteiger partial charge >= 0.3 is 0 Å². The first-order chi connectivity index (χ1) is 15.0. The number of nitrogens with zero attached hydrogens (tertiary/aromatic N) is 4. The van der Waals surface area contributed by atoms with Crippen molar-refractivity contribution < 1.29 is 9.53 Å². The average Bonchev–Trinajstić information content (AvgIpc) is 3.20. The normalized spacial score (nSPS) is 11.2. The lowest BCUT2D eigenvalue weighted by molar-refractivity contribution is -0.127. The SMILES string of the molecule is CCc1ccc(CN(C)C(=O)CSc2nnc3cc(C)c4ccc(OC)cc4n23)cc1. The maximum atomic E-state index is 12.7. The second-order valence-electron chi connectivity index (χ2n) is 7.60. The Balaban J connectivity index is 1.53. The quantitative estimate of drug-likeness (QED) is 0.401. The summed E-state index contributed by atoms with van der Waals surface area (Å²) in [5.41, 5.74) is 5.28. The van der Waals surface area contributed by atoms with E-state index in [2.05, 4.69) is 48.3 Å². The third kappa shape index (κ3) is 4.37. The van der Waals surface area contributed by atoms with Gasteiger partial charge in [-0.1, -0.05) is 43.0 Å². The molecule has 2 heterocycles. The number of fused-ring (bicyclic) bond motifs is 3. The zero-order valence-electron chi connectivity index (χ0n) is 18.3. The molecule has 0 unspecified atom stereocenters. The maximum Gasteiger partial charge on any atom is 0.233 e. The first-order valence-corrected chi connectivity index (χ1v) is 11.3. The van der Waals surface area contributed by atoms with Crippen LogP contribution in [-0.4, -0.2) is 45.3 Å². The summed E-state index contributed by atoms with van der Waals surface area (Å²) in [6.07, 6.45) is 1.01. The van der Waals surface area contributed by atoms with Crippen molar-refractivity contribution in [2.75, 3.05) is 19.9 Å². The molecule has 0 aliphatic carbocycles. The van der Waals surface area contributed by atoms with Crippen LogP contribution in [0.3, 0.4) is 0 Å². The predicted molar refractivity (Wildman–Crippen MR) is 125 cm³/mol. The third-order valence-corrected chi connectivity index (χ3v) is 6.39. The summed E-state index contributed by atoms with van der Waals surface area (Å²) in [6, 6.07) is 16.4. The molecule has 0 saturated heterocycles. The predicted octanol–water partition coefficient (Wildman–Crippen LogP) is 4.51. The van der Waals surface area contributed by atoms with Gasteiger partial charge in [0.2, 0.25) is 5.91 Å². The first-order valence-electron chi connectivity index (χ1n) is 10.3. The van der Waals surface area contributed by atoms with Crippen LogP contribution in [0, 0.1) is 6.92 Å². The van der Waals surface area contributed by atoms with Crippen LogP contribution in [0.5, 0.6) is 5.75 Å². The van der Waals surface area contributed by atoms with Crippen molar-refractivity contribution in [2.24, 2.45) is 0 Å². The molecule has 2 aromatic heterocycles. The van der Waals surface area contributed by atoms with Crippen LogP contribution in [-0.2, 0) is 17.8 Å². The van der Waals surface area contributed by atoms with Crippen LogP contribution >= 0.6 is 11.8 Å². The zero-order valence-corrected chi connectivity index (χ0v) is 19.1. The largest absolute Gasteiger partial charge is 0.497 e. The molecule has 4 rings (SSSR count). The number of thioether (sulfide) groups is 1. The fraction of sp³-hybridized carbons (Fsp3) is 0.292. The average molecular weight is 435 g/mol. The molecule has 0 atom stereocenters. The molecule has 0 saturated carbocycles. The van der Waals surface area contributed by atoms with Gasteiger partial charge in [0.1, 0.15) is 5.75 Å². The molecular formula is C24H26N4O2S. The Morgan fingerprint density at radius 3 is 2.55 bits per heavy atom. The van der Waals surface area contributed by atoms with Gasteiger partial charge in [0.25, 0.3) is 0 Å². The number of amides is 1. The number of aromatic nitrogens is 3. The van der Waals surface area contributed by atoms with Crippen LogP contribution in [0.4, 0.5) is 0 Å². The van der Waals surface area contributed by atoms with Crippen LogP contribution in [0.1, 0.15) is 23.6 Å². The zero-order chi connectivity index (χ0) is 22.0. The Labute approximate surface area is 186 Å². The highest BCUT2D eigenvalue weighted by molar-refractivity contribution is 7.99. The van der Waals surface area contributed by atoms with Crippen molar-refractivity contribution in [3.63, 3.8) is 0 Å². The molecule has 0 radical (unpaired) electrons. The van der Waals surface area contributed by atoms with Crippen molar-refractivity contribution >= 4 is 34.2 Å². The van der Waals surface area contributed by atoms with Crippen molar-refractivity contribution in [3.8, 4) is 5.75 Å². The number of benzene rings is 2. The fourth-order valence-corrected chi connectivity index (χ4v) is 4.49. The molecule has 0 aliphatic heterocycles. The molecule has 0 fully saturated rings. The minimum atomic E-state index is 0.0512. The van der Waals surface area contributed by atoms with Crippen LogP contribution < -0.4 is 4.74 Å². The Kier molecular flexibility index (Phi) is 6.13. The molecule has 2 aromatic carbocycles. The Bertz CT molecular complexity index is 1230. The van der Waals surface area contributed by atoms with E-state index in [0.717, 1.165) is 39.8 Å². The Morgan fingerprint density at radius 2 is 1.84 bits per heavy atom.